The highest BCUT2D eigenvalue weighted by molar-refractivity contribution is 5.90. The number of aromatic nitrogens is 2. The van der Waals surface area contributed by atoms with Gasteiger partial charge in [-0.15, -0.1) is 0 Å². The van der Waals surface area contributed by atoms with Gasteiger partial charge in [-0.25, -0.2) is 14.4 Å². The number of halogens is 4. The molecule has 1 fully saturated rings. The van der Waals surface area contributed by atoms with Gasteiger partial charge < -0.3 is 10.2 Å². The summed E-state index contributed by atoms with van der Waals surface area (Å²) in [7, 11) is 0. The van der Waals surface area contributed by atoms with Crippen LogP contribution in [-0.4, -0.2) is 33.9 Å². The maximum absolute atomic E-state index is 13.0. The molecule has 1 aliphatic rings. The summed E-state index contributed by atoms with van der Waals surface area (Å²) >= 11 is 0. The van der Waals surface area contributed by atoms with Gasteiger partial charge in [-0.3, -0.25) is 4.79 Å². The summed E-state index contributed by atoms with van der Waals surface area (Å²) in [6.07, 6.45) is -0.579. The quantitative estimate of drug-likeness (QED) is 0.616. The first-order chi connectivity index (χ1) is 13.3. The summed E-state index contributed by atoms with van der Waals surface area (Å²) < 4.78 is 50.9. The average molecular weight is 394 g/mol. The molecule has 0 spiro atoms. The van der Waals surface area contributed by atoms with Crippen LogP contribution in [0.25, 0.3) is 0 Å². The first-order valence-electron chi connectivity index (χ1n) is 8.64. The lowest BCUT2D eigenvalue weighted by Gasteiger charge is -2.32. The summed E-state index contributed by atoms with van der Waals surface area (Å²) in [5, 5.41) is 3.01. The van der Waals surface area contributed by atoms with E-state index in [4.69, 9.17) is 0 Å². The van der Waals surface area contributed by atoms with Crippen molar-refractivity contribution >= 4 is 17.4 Å². The molecule has 2 aromatic heterocycles. The Morgan fingerprint density at radius 1 is 1.18 bits per heavy atom. The molecule has 1 N–H and O–H groups in total. The molecule has 0 aliphatic carbocycles. The van der Waals surface area contributed by atoms with Gasteiger partial charge in [0.05, 0.1) is 11.9 Å². The number of piperidine rings is 1. The minimum atomic E-state index is -4.50. The zero-order valence-electron chi connectivity index (χ0n) is 14.8. The molecule has 9 heteroatoms. The summed E-state index contributed by atoms with van der Waals surface area (Å²) in [5.74, 6) is -1.07. The fraction of sp³-hybridized carbons (Fsp3) is 0.316. The molecule has 3 heterocycles. The first-order valence-corrected chi connectivity index (χ1v) is 8.64. The van der Waals surface area contributed by atoms with Gasteiger partial charge in [-0.05, 0) is 42.5 Å². The fourth-order valence-corrected chi connectivity index (χ4v) is 3.19. The number of carbonyl (C=O) groups excluding carboxylic acids is 1. The largest absolute Gasteiger partial charge is 0.433 e. The van der Waals surface area contributed by atoms with Gasteiger partial charge in [0, 0.05) is 19.3 Å². The van der Waals surface area contributed by atoms with E-state index in [-0.39, 0.29) is 5.92 Å². The molecule has 1 amide bonds. The third-order valence-electron chi connectivity index (χ3n) is 4.61. The van der Waals surface area contributed by atoms with Crippen molar-refractivity contribution in [1.82, 2.24) is 14.9 Å². The van der Waals surface area contributed by atoms with Gasteiger partial charge in [0.1, 0.15) is 11.5 Å². The number of anilines is 2. The lowest BCUT2D eigenvalue weighted by atomic mass is 9.89. The molecule has 2 aromatic rings. The topological polar surface area (TPSA) is 58.1 Å². The second-order valence-corrected chi connectivity index (χ2v) is 6.47. The van der Waals surface area contributed by atoms with Crippen molar-refractivity contribution in [3.8, 4) is 0 Å². The zero-order chi connectivity index (χ0) is 20.3. The van der Waals surface area contributed by atoms with Crippen molar-refractivity contribution in [3.63, 3.8) is 0 Å². The minimum absolute atomic E-state index is 0.0792. The average Bonchev–Trinajstić information content (AvgIpc) is 2.68. The second-order valence-electron chi connectivity index (χ2n) is 6.47. The van der Waals surface area contributed by atoms with Crippen molar-refractivity contribution in [2.45, 2.75) is 24.9 Å². The van der Waals surface area contributed by atoms with Gasteiger partial charge in [-0.1, -0.05) is 12.6 Å². The van der Waals surface area contributed by atoms with E-state index in [0.717, 1.165) is 17.8 Å². The van der Waals surface area contributed by atoms with E-state index in [2.05, 4.69) is 21.9 Å². The molecular weight excluding hydrogens is 376 g/mol. The number of nitrogens with one attached hydrogen (secondary N) is 1. The molecule has 5 nitrogen and oxygen atoms in total. The highest BCUT2D eigenvalue weighted by Crippen LogP contribution is 2.34. The number of rotatable bonds is 4. The van der Waals surface area contributed by atoms with Crippen LogP contribution in [0.4, 0.5) is 29.1 Å². The normalized spacial score (nSPS) is 15.4. The molecule has 0 bridgehead atoms. The van der Waals surface area contributed by atoms with Crippen LogP contribution < -0.4 is 5.32 Å². The highest BCUT2D eigenvalue weighted by atomic mass is 19.4. The van der Waals surface area contributed by atoms with Gasteiger partial charge in [0.15, 0.2) is 5.83 Å². The van der Waals surface area contributed by atoms with Crippen molar-refractivity contribution in [2.24, 2.45) is 0 Å². The Bertz CT molecular complexity index is 859. The molecule has 1 saturated heterocycles. The molecule has 0 atom stereocenters. The summed E-state index contributed by atoms with van der Waals surface area (Å²) in [4.78, 5) is 20.8. The fourth-order valence-electron chi connectivity index (χ4n) is 3.19. The van der Waals surface area contributed by atoms with Crippen LogP contribution in [0, 0.1) is 0 Å². The van der Waals surface area contributed by atoms with E-state index >= 15 is 0 Å². The monoisotopic (exact) mass is 394 g/mol. The molecule has 0 radical (unpaired) electrons. The summed E-state index contributed by atoms with van der Waals surface area (Å²) in [5.41, 5.74) is 0.300. The molecule has 28 heavy (non-hydrogen) atoms. The van der Waals surface area contributed by atoms with Gasteiger partial charge in [-0.2, -0.15) is 13.2 Å². The molecule has 0 saturated carbocycles. The maximum Gasteiger partial charge on any atom is 0.433 e. The van der Waals surface area contributed by atoms with Crippen LogP contribution in [0.5, 0.6) is 0 Å². The number of carbonyl (C=O) groups is 1. The van der Waals surface area contributed by atoms with Crippen molar-refractivity contribution in [1.29, 1.82) is 0 Å². The van der Waals surface area contributed by atoms with E-state index in [0.29, 0.717) is 37.4 Å². The third-order valence-corrected chi connectivity index (χ3v) is 4.61. The summed E-state index contributed by atoms with van der Waals surface area (Å²) in [6.45, 7) is 3.82. The highest BCUT2D eigenvalue weighted by Gasteiger charge is 2.32. The van der Waals surface area contributed by atoms with Gasteiger partial charge in [0.2, 0.25) is 0 Å². The number of amides is 1. The van der Waals surface area contributed by atoms with E-state index in [1.165, 1.54) is 11.0 Å². The summed E-state index contributed by atoms with van der Waals surface area (Å²) in [6, 6.07) is 5.84. The maximum atomic E-state index is 13.0. The minimum Gasteiger partial charge on any atom is -0.339 e. The van der Waals surface area contributed by atoms with Gasteiger partial charge >= 0.3 is 6.18 Å². The van der Waals surface area contributed by atoms with Crippen LogP contribution in [0.1, 0.15) is 30.0 Å². The molecule has 1 aliphatic heterocycles. The SMILES string of the molecule is C=C(F)C(=O)N1CCC(c2cccnc2Nc2ccc(C(F)(F)F)nc2)CC1. The van der Waals surface area contributed by atoms with E-state index < -0.39 is 23.6 Å². The Morgan fingerprint density at radius 2 is 1.89 bits per heavy atom. The van der Waals surface area contributed by atoms with Crippen LogP contribution in [0.15, 0.2) is 49.1 Å². The van der Waals surface area contributed by atoms with Crippen LogP contribution >= 0.6 is 0 Å². The standard InChI is InChI=1S/C19H18F4N4O/c1-12(20)18(28)27-9-6-13(7-10-27)15-3-2-8-24-17(15)26-14-4-5-16(25-11-14)19(21,22)23/h2-5,8,11,13H,1,6-7,9-10H2,(H,24,26). The van der Waals surface area contributed by atoms with Crippen molar-refractivity contribution in [3.05, 3.63) is 60.3 Å². The number of likely N-dealkylation sites (tertiary alicyclic amines) is 1. The first kappa shape index (κ1) is 19.8. The Morgan fingerprint density at radius 3 is 2.46 bits per heavy atom. The number of hydrogen-bond acceptors (Lipinski definition) is 4. The number of alkyl halides is 3. The molecule has 0 aromatic carbocycles. The van der Waals surface area contributed by atoms with Crippen LogP contribution in [0.2, 0.25) is 0 Å². The second kappa shape index (κ2) is 7.95. The third kappa shape index (κ3) is 4.47. The molecular formula is C19H18F4N4O. The van der Waals surface area contributed by atoms with E-state index in [1.807, 2.05) is 6.07 Å². The Hall–Kier alpha value is -2.97. The lowest BCUT2D eigenvalue weighted by Crippen LogP contribution is -2.38. The Labute approximate surface area is 159 Å². The number of nitrogens with zero attached hydrogens (tertiary/aromatic N) is 3. The van der Waals surface area contributed by atoms with Gasteiger partial charge in [0.25, 0.3) is 5.91 Å². The van der Waals surface area contributed by atoms with Crippen molar-refractivity contribution < 1.29 is 22.4 Å². The van der Waals surface area contributed by atoms with E-state index in [9.17, 15) is 22.4 Å². The molecule has 3 rings (SSSR count). The Balaban J connectivity index is 1.72. The molecule has 0 unspecified atom stereocenters. The number of pyridine rings is 2. The van der Waals surface area contributed by atoms with Crippen LogP contribution in [-0.2, 0) is 11.0 Å². The smallest absolute Gasteiger partial charge is 0.339 e. The van der Waals surface area contributed by atoms with E-state index in [1.54, 1.807) is 12.3 Å². The predicted molar refractivity (Wildman–Crippen MR) is 95.6 cm³/mol. The van der Waals surface area contributed by atoms with Crippen molar-refractivity contribution in [2.75, 3.05) is 18.4 Å². The molecule has 148 valence electrons. The lowest BCUT2D eigenvalue weighted by molar-refractivity contribution is -0.141. The zero-order valence-corrected chi connectivity index (χ0v) is 14.8. The predicted octanol–water partition coefficient (Wildman–Crippen LogP) is 4.43. The Kier molecular flexibility index (Phi) is 5.62. The van der Waals surface area contributed by atoms with Crippen LogP contribution in [0.3, 0.4) is 0 Å². The number of hydrogen-bond donors (Lipinski definition) is 1.